The first-order valence-corrected chi connectivity index (χ1v) is 13.0. The second kappa shape index (κ2) is 11.6. The van der Waals surface area contributed by atoms with Crippen LogP contribution < -0.4 is 9.47 Å². The van der Waals surface area contributed by atoms with Crippen molar-refractivity contribution >= 4 is 23.8 Å². The summed E-state index contributed by atoms with van der Waals surface area (Å²) in [6, 6.07) is 9.00. The van der Waals surface area contributed by atoms with Crippen molar-refractivity contribution in [3.63, 3.8) is 0 Å². The van der Waals surface area contributed by atoms with Crippen LogP contribution in [0.4, 0.5) is 0 Å². The Morgan fingerprint density at radius 1 is 1.08 bits per heavy atom. The second-order valence-electron chi connectivity index (χ2n) is 9.98. The standard InChI is InChI=1S/C30H34O7/c1-18(2)35-24-15-8-7-14-22(24)23-17-26(32)37-25-16-20-11-5-4-6-12-21(31)13-9-10-19(3)36-30(34)27(20)29(33)28(23)25/h5,7-8,11,14-16,18-19,23,33H,4,6,9-10,12-13,17H2,1-3H3/t19-,23-/m1/s1. The molecule has 2 aliphatic heterocycles. The Kier molecular flexibility index (Phi) is 8.31. The van der Waals surface area contributed by atoms with E-state index in [-0.39, 0.29) is 35.4 Å². The summed E-state index contributed by atoms with van der Waals surface area (Å²) in [6.07, 6.45) is 6.53. The van der Waals surface area contributed by atoms with Gasteiger partial charge in [-0.3, -0.25) is 9.59 Å². The van der Waals surface area contributed by atoms with E-state index < -0.39 is 24.0 Å². The van der Waals surface area contributed by atoms with Crippen molar-refractivity contribution in [3.05, 3.63) is 58.7 Å². The van der Waals surface area contributed by atoms with Crippen LogP contribution in [0.25, 0.3) is 6.08 Å². The third-order valence-electron chi connectivity index (χ3n) is 6.64. The van der Waals surface area contributed by atoms with Gasteiger partial charge in [-0.25, -0.2) is 4.79 Å². The maximum atomic E-state index is 13.4. The molecular weight excluding hydrogens is 472 g/mol. The van der Waals surface area contributed by atoms with E-state index in [9.17, 15) is 19.5 Å². The van der Waals surface area contributed by atoms with E-state index in [2.05, 4.69) is 0 Å². The van der Waals surface area contributed by atoms with Crippen molar-refractivity contribution < 1.29 is 33.7 Å². The zero-order valence-electron chi connectivity index (χ0n) is 21.6. The van der Waals surface area contributed by atoms with Crippen LogP contribution in [0.1, 0.15) is 98.7 Å². The molecule has 2 aromatic rings. The SMILES string of the molecule is CC(C)Oc1ccccc1[C@H]1CC(=O)Oc2cc3c(c(O)c21)C(=O)O[C@H](C)CCCC(=O)CCCC=C3. The Labute approximate surface area is 217 Å². The summed E-state index contributed by atoms with van der Waals surface area (Å²) >= 11 is 0. The Morgan fingerprint density at radius 2 is 1.84 bits per heavy atom. The Balaban J connectivity index is 1.83. The largest absolute Gasteiger partial charge is 0.507 e. The first-order valence-electron chi connectivity index (χ1n) is 13.0. The molecule has 1 N–H and O–H groups in total. The van der Waals surface area contributed by atoms with Crippen LogP contribution in [0.5, 0.6) is 17.2 Å². The topological polar surface area (TPSA) is 99.1 Å². The Morgan fingerprint density at radius 3 is 2.62 bits per heavy atom. The lowest BCUT2D eigenvalue weighted by molar-refractivity contribution is -0.135. The number of rotatable bonds is 3. The molecule has 4 rings (SSSR count). The molecule has 0 spiro atoms. The monoisotopic (exact) mass is 506 g/mol. The summed E-state index contributed by atoms with van der Waals surface area (Å²) in [5, 5.41) is 11.6. The van der Waals surface area contributed by atoms with Crippen molar-refractivity contribution in [1.82, 2.24) is 0 Å². The molecule has 0 bridgehead atoms. The van der Waals surface area contributed by atoms with Crippen molar-refractivity contribution in [1.29, 1.82) is 0 Å². The number of benzene rings is 2. The number of cyclic esters (lactones) is 1. The molecule has 2 heterocycles. The third kappa shape index (κ3) is 6.21. The van der Waals surface area contributed by atoms with Gasteiger partial charge in [-0.15, -0.1) is 0 Å². The smallest absolute Gasteiger partial charge is 0.342 e. The highest BCUT2D eigenvalue weighted by molar-refractivity contribution is 5.98. The van der Waals surface area contributed by atoms with Crippen molar-refractivity contribution in [3.8, 4) is 17.2 Å². The molecule has 7 heteroatoms. The van der Waals surface area contributed by atoms with Crippen LogP contribution in [-0.2, 0) is 14.3 Å². The first kappa shape index (κ1) is 26.5. The van der Waals surface area contributed by atoms with Gasteiger partial charge in [-0.1, -0.05) is 30.4 Å². The van der Waals surface area contributed by atoms with E-state index in [0.29, 0.717) is 55.4 Å². The van der Waals surface area contributed by atoms with E-state index in [1.54, 1.807) is 19.1 Å². The quantitative estimate of drug-likeness (QED) is 0.396. The minimum Gasteiger partial charge on any atom is -0.507 e. The maximum absolute atomic E-state index is 13.4. The van der Waals surface area contributed by atoms with Crippen LogP contribution in [0.2, 0.25) is 0 Å². The number of phenols is 1. The van der Waals surface area contributed by atoms with E-state index >= 15 is 0 Å². The van der Waals surface area contributed by atoms with Crippen LogP contribution in [0.3, 0.4) is 0 Å². The fourth-order valence-corrected chi connectivity index (χ4v) is 4.91. The zero-order chi connectivity index (χ0) is 26.5. The van der Waals surface area contributed by atoms with Crippen LogP contribution >= 0.6 is 0 Å². The molecule has 0 amide bonds. The van der Waals surface area contributed by atoms with Gasteiger partial charge in [0.05, 0.1) is 18.6 Å². The normalized spacial score (nSPS) is 20.9. The van der Waals surface area contributed by atoms with Gasteiger partial charge in [0.2, 0.25) is 0 Å². The summed E-state index contributed by atoms with van der Waals surface area (Å²) in [7, 11) is 0. The molecule has 0 fully saturated rings. The number of aromatic hydroxyl groups is 1. The summed E-state index contributed by atoms with van der Waals surface area (Å²) in [5.74, 6) is -0.894. The summed E-state index contributed by atoms with van der Waals surface area (Å²) in [4.78, 5) is 38.1. The molecule has 2 aliphatic rings. The van der Waals surface area contributed by atoms with Crippen molar-refractivity contribution in [2.45, 2.75) is 83.8 Å². The van der Waals surface area contributed by atoms with Gasteiger partial charge < -0.3 is 19.3 Å². The fraction of sp³-hybridized carbons (Fsp3) is 0.433. The van der Waals surface area contributed by atoms with Crippen molar-refractivity contribution in [2.24, 2.45) is 0 Å². The predicted molar refractivity (Wildman–Crippen MR) is 139 cm³/mol. The van der Waals surface area contributed by atoms with Crippen LogP contribution in [0, 0.1) is 0 Å². The highest BCUT2D eigenvalue weighted by Gasteiger charge is 2.36. The van der Waals surface area contributed by atoms with Gasteiger partial charge in [-0.2, -0.15) is 0 Å². The number of allylic oxidation sites excluding steroid dienone is 1. The fourth-order valence-electron chi connectivity index (χ4n) is 4.91. The number of carbonyl (C=O) groups is 3. The average molecular weight is 507 g/mol. The van der Waals surface area contributed by atoms with Gasteiger partial charge in [0.15, 0.2) is 0 Å². The minimum absolute atomic E-state index is 0.00681. The van der Waals surface area contributed by atoms with Gasteiger partial charge in [-0.05, 0) is 64.2 Å². The highest BCUT2D eigenvalue weighted by Crippen LogP contribution is 2.49. The Hall–Kier alpha value is -3.61. The number of Topliss-reactive ketones (excluding diaryl/α,β-unsaturated/α-hetero) is 1. The van der Waals surface area contributed by atoms with E-state index in [1.807, 2.05) is 44.2 Å². The highest BCUT2D eigenvalue weighted by atomic mass is 16.5. The molecule has 2 atom stereocenters. The first-order chi connectivity index (χ1) is 17.7. The van der Waals surface area contributed by atoms with Crippen LogP contribution in [-0.4, -0.2) is 35.0 Å². The summed E-state index contributed by atoms with van der Waals surface area (Å²) in [5.41, 5.74) is 1.53. The number of para-hydroxylation sites is 1. The predicted octanol–water partition coefficient (Wildman–Crippen LogP) is 6.10. The average Bonchev–Trinajstić information content (AvgIpc) is 2.82. The van der Waals surface area contributed by atoms with E-state index in [4.69, 9.17) is 14.2 Å². The minimum atomic E-state index is -0.654. The number of hydrogen-bond acceptors (Lipinski definition) is 7. The number of esters is 2. The van der Waals surface area contributed by atoms with Gasteiger partial charge in [0.1, 0.15) is 28.6 Å². The van der Waals surface area contributed by atoms with E-state index in [0.717, 1.165) is 5.56 Å². The van der Waals surface area contributed by atoms with E-state index in [1.165, 1.54) is 0 Å². The lowest BCUT2D eigenvalue weighted by atomic mass is 9.83. The molecule has 0 unspecified atom stereocenters. The van der Waals surface area contributed by atoms with Gasteiger partial charge >= 0.3 is 11.9 Å². The lowest BCUT2D eigenvalue weighted by Crippen LogP contribution is -2.24. The zero-order valence-corrected chi connectivity index (χ0v) is 21.6. The third-order valence-corrected chi connectivity index (χ3v) is 6.64. The molecule has 196 valence electrons. The molecule has 0 radical (unpaired) electrons. The molecular formula is C30H34O7. The number of ketones is 1. The molecule has 2 aromatic carbocycles. The summed E-state index contributed by atoms with van der Waals surface area (Å²) in [6.45, 7) is 5.61. The summed E-state index contributed by atoms with van der Waals surface area (Å²) < 4.78 is 17.2. The Bertz CT molecular complexity index is 1210. The molecule has 0 saturated carbocycles. The molecule has 37 heavy (non-hydrogen) atoms. The lowest BCUT2D eigenvalue weighted by Gasteiger charge is -2.29. The number of carbonyl (C=O) groups excluding carboxylic acids is 3. The number of fused-ring (bicyclic) bond motifs is 2. The molecule has 7 nitrogen and oxygen atoms in total. The van der Waals surface area contributed by atoms with Gasteiger partial charge in [0, 0.05) is 29.9 Å². The molecule has 0 saturated heterocycles. The molecule has 0 aromatic heterocycles. The van der Waals surface area contributed by atoms with Crippen LogP contribution in [0.15, 0.2) is 36.4 Å². The van der Waals surface area contributed by atoms with Gasteiger partial charge in [0.25, 0.3) is 0 Å². The number of hydrogen-bond donors (Lipinski definition) is 1. The number of phenolic OH excluding ortho intramolecular Hbond substituents is 1. The number of ether oxygens (including phenoxy) is 3. The van der Waals surface area contributed by atoms with Crippen molar-refractivity contribution in [2.75, 3.05) is 0 Å². The molecule has 0 aliphatic carbocycles. The maximum Gasteiger partial charge on any atom is 0.342 e. The second-order valence-corrected chi connectivity index (χ2v) is 9.98.